The van der Waals surface area contributed by atoms with Crippen molar-refractivity contribution in [1.29, 1.82) is 0 Å². The van der Waals surface area contributed by atoms with Crippen LogP contribution in [0.5, 0.6) is 0 Å². The van der Waals surface area contributed by atoms with Gasteiger partial charge in [-0.15, -0.1) is 11.8 Å². The van der Waals surface area contributed by atoms with E-state index in [1.165, 1.54) is 5.56 Å². The molecule has 0 aliphatic carbocycles. The Bertz CT molecular complexity index is 1050. The summed E-state index contributed by atoms with van der Waals surface area (Å²) in [5, 5.41) is 3.07. The van der Waals surface area contributed by atoms with Gasteiger partial charge in [0, 0.05) is 29.7 Å². The van der Waals surface area contributed by atoms with Gasteiger partial charge in [0.15, 0.2) is 0 Å². The Labute approximate surface area is 221 Å². The van der Waals surface area contributed by atoms with Gasteiger partial charge in [-0.3, -0.25) is 9.59 Å². The van der Waals surface area contributed by atoms with Crippen molar-refractivity contribution >= 4 is 39.5 Å². The molecule has 0 bridgehead atoms. The lowest BCUT2D eigenvalue weighted by molar-refractivity contribution is -0.139. The molecule has 0 saturated heterocycles. The maximum Gasteiger partial charge on any atom is 0.243 e. The van der Waals surface area contributed by atoms with E-state index < -0.39 is 6.04 Å². The van der Waals surface area contributed by atoms with Gasteiger partial charge in [0.25, 0.3) is 0 Å². The molecule has 1 unspecified atom stereocenters. The number of hydrogen-bond acceptors (Lipinski definition) is 3. The van der Waals surface area contributed by atoms with Crippen molar-refractivity contribution in [2.45, 2.75) is 44.5 Å². The zero-order chi connectivity index (χ0) is 24.9. The summed E-state index contributed by atoms with van der Waals surface area (Å²) < 4.78 is 1.04. The number of carbonyl (C=O) groups is 2. The molecule has 0 aliphatic rings. The lowest BCUT2D eigenvalue weighted by Crippen LogP contribution is -2.51. The second-order valence-corrected chi connectivity index (χ2v) is 10.4. The fraction of sp³-hybridized carbons (Fsp3) is 0.310. The van der Waals surface area contributed by atoms with Crippen LogP contribution >= 0.6 is 27.7 Å². The first-order valence-electron chi connectivity index (χ1n) is 12.0. The fourth-order valence-corrected chi connectivity index (χ4v) is 4.89. The van der Waals surface area contributed by atoms with Gasteiger partial charge in [-0.1, -0.05) is 102 Å². The van der Waals surface area contributed by atoms with Crippen molar-refractivity contribution in [3.05, 3.63) is 106 Å². The topological polar surface area (TPSA) is 49.4 Å². The lowest BCUT2D eigenvalue weighted by atomic mass is 10.0. The van der Waals surface area contributed by atoms with Crippen LogP contribution in [0.2, 0.25) is 0 Å². The largest absolute Gasteiger partial charge is 0.354 e. The minimum atomic E-state index is -0.574. The average molecular weight is 554 g/mol. The average Bonchev–Trinajstić information content (AvgIpc) is 2.88. The molecule has 2 amide bonds. The van der Waals surface area contributed by atoms with Gasteiger partial charge in [-0.2, -0.15) is 0 Å². The van der Waals surface area contributed by atoms with E-state index in [1.807, 2.05) is 72.8 Å². The number of rotatable bonds is 13. The fourth-order valence-electron chi connectivity index (χ4n) is 3.76. The van der Waals surface area contributed by atoms with E-state index in [-0.39, 0.29) is 11.8 Å². The van der Waals surface area contributed by atoms with E-state index in [2.05, 4.69) is 40.3 Å². The molecule has 184 valence electrons. The van der Waals surface area contributed by atoms with Crippen molar-refractivity contribution in [3.63, 3.8) is 0 Å². The molecule has 4 nitrogen and oxygen atoms in total. The molecular formula is C29H33BrN2O2S. The number of halogens is 1. The predicted octanol–water partition coefficient (Wildman–Crippen LogP) is 6.24. The highest BCUT2D eigenvalue weighted by Crippen LogP contribution is 2.19. The van der Waals surface area contributed by atoms with E-state index in [9.17, 15) is 9.59 Å². The first-order valence-corrected chi connectivity index (χ1v) is 14.0. The summed E-state index contributed by atoms with van der Waals surface area (Å²) in [7, 11) is 0. The third-order valence-corrected chi connectivity index (χ3v) is 7.22. The number of benzene rings is 3. The minimum Gasteiger partial charge on any atom is -0.354 e. The number of nitrogens with one attached hydrogen (secondary N) is 1. The van der Waals surface area contributed by atoms with Gasteiger partial charge in [0.05, 0.1) is 5.75 Å². The highest BCUT2D eigenvalue weighted by molar-refractivity contribution is 9.10. The van der Waals surface area contributed by atoms with E-state index in [0.717, 1.165) is 34.2 Å². The van der Waals surface area contributed by atoms with Gasteiger partial charge in [-0.05, 0) is 35.2 Å². The number of unbranched alkanes of at least 4 members (excludes halogenated alkanes) is 1. The van der Waals surface area contributed by atoms with Gasteiger partial charge in [0.2, 0.25) is 11.8 Å². The number of nitrogens with zero attached hydrogens (tertiary/aromatic N) is 1. The summed E-state index contributed by atoms with van der Waals surface area (Å²) in [4.78, 5) is 28.7. The minimum absolute atomic E-state index is 0.0254. The van der Waals surface area contributed by atoms with Crippen LogP contribution in [0.1, 0.15) is 36.5 Å². The molecule has 0 aromatic heterocycles. The van der Waals surface area contributed by atoms with Crippen molar-refractivity contribution in [3.8, 4) is 0 Å². The second kappa shape index (κ2) is 14.7. The Morgan fingerprint density at radius 1 is 0.886 bits per heavy atom. The molecule has 0 fully saturated rings. The molecule has 0 saturated carbocycles. The Morgan fingerprint density at radius 2 is 1.51 bits per heavy atom. The lowest BCUT2D eigenvalue weighted by Gasteiger charge is -2.31. The summed E-state index contributed by atoms with van der Waals surface area (Å²) >= 11 is 5.04. The quantitative estimate of drug-likeness (QED) is 0.255. The summed E-state index contributed by atoms with van der Waals surface area (Å²) in [5.74, 6) is 0.938. The molecule has 1 atom stereocenters. The first kappa shape index (κ1) is 27.0. The standard InChI is InChI=1S/C29H33BrN2O2S/c1-2-3-18-31-29(34)27(19-23-10-6-4-7-11-23)32(20-24-12-8-5-9-13-24)28(33)22-35-21-25-14-16-26(30)17-15-25/h4-17,27H,2-3,18-22H2,1H3,(H,31,34). The Balaban J connectivity index is 1.79. The summed E-state index contributed by atoms with van der Waals surface area (Å²) in [5.41, 5.74) is 3.22. The molecule has 6 heteroatoms. The highest BCUT2D eigenvalue weighted by Gasteiger charge is 2.30. The third-order valence-electron chi connectivity index (χ3n) is 5.70. The zero-order valence-corrected chi connectivity index (χ0v) is 22.6. The number of thioether (sulfide) groups is 1. The van der Waals surface area contributed by atoms with Gasteiger partial charge < -0.3 is 10.2 Å². The van der Waals surface area contributed by atoms with Crippen LogP contribution < -0.4 is 5.32 Å². The van der Waals surface area contributed by atoms with Crippen LogP contribution in [-0.2, 0) is 28.3 Å². The van der Waals surface area contributed by atoms with E-state index >= 15 is 0 Å². The summed E-state index contributed by atoms with van der Waals surface area (Å²) in [6.07, 6.45) is 2.40. The molecule has 1 N–H and O–H groups in total. The molecular weight excluding hydrogens is 520 g/mol. The van der Waals surface area contributed by atoms with Crippen LogP contribution in [0.3, 0.4) is 0 Å². The Kier molecular flexibility index (Phi) is 11.4. The van der Waals surface area contributed by atoms with E-state index in [1.54, 1.807) is 16.7 Å². The Morgan fingerprint density at radius 3 is 2.14 bits per heavy atom. The van der Waals surface area contributed by atoms with Crippen molar-refractivity contribution in [2.75, 3.05) is 12.3 Å². The van der Waals surface area contributed by atoms with Crippen molar-refractivity contribution in [2.24, 2.45) is 0 Å². The molecule has 3 aromatic carbocycles. The number of carbonyl (C=O) groups excluding carboxylic acids is 2. The molecule has 0 spiro atoms. The van der Waals surface area contributed by atoms with Crippen molar-refractivity contribution < 1.29 is 9.59 Å². The van der Waals surface area contributed by atoms with Gasteiger partial charge in [0.1, 0.15) is 6.04 Å². The SMILES string of the molecule is CCCCNC(=O)C(Cc1ccccc1)N(Cc1ccccc1)C(=O)CSCc1ccc(Br)cc1. The van der Waals surface area contributed by atoms with E-state index in [4.69, 9.17) is 0 Å². The zero-order valence-electron chi connectivity index (χ0n) is 20.2. The second-order valence-electron chi connectivity index (χ2n) is 8.48. The third kappa shape index (κ3) is 9.19. The van der Waals surface area contributed by atoms with Crippen LogP contribution in [0.25, 0.3) is 0 Å². The molecule has 3 aromatic rings. The Hall–Kier alpha value is -2.57. The van der Waals surface area contributed by atoms with Crippen LogP contribution in [0.4, 0.5) is 0 Å². The van der Waals surface area contributed by atoms with Crippen molar-refractivity contribution in [1.82, 2.24) is 10.2 Å². The molecule has 0 aliphatic heterocycles. The maximum absolute atomic E-state index is 13.6. The van der Waals surface area contributed by atoms with E-state index in [0.29, 0.717) is 25.3 Å². The number of amides is 2. The highest BCUT2D eigenvalue weighted by atomic mass is 79.9. The molecule has 35 heavy (non-hydrogen) atoms. The molecule has 3 rings (SSSR count). The van der Waals surface area contributed by atoms with Gasteiger partial charge in [-0.25, -0.2) is 0 Å². The molecule has 0 heterocycles. The number of hydrogen-bond donors (Lipinski definition) is 1. The smallest absolute Gasteiger partial charge is 0.243 e. The first-order chi connectivity index (χ1) is 17.1. The van der Waals surface area contributed by atoms with Crippen LogP contribution in [0, 0.1) is 0 Å². The summed E-state index contributed by atoms with van der Waals surface area (Å²) in [6, 6.07) is 27.4. The monoisotopic (exact) mass is 552 g/mol. The predicted molar refractivity (Wildman–Crippen MR) is 149 cm³/mol. The van der Waals surface area contributed by atoms with Crippen LogP contribution in [0.15, 0.2) is 89.4 Å². The van der Waals surface area contributed by atoms with Gasteiger partial charge >= 0.3 is 0 Å². The van der Waals surface area contributed by atoms with Crippen LogP contribution in [-0.4, -0.2) is 35.1 Å². The molecule has 0 radical (unpaired) electrons. The maximum atomic E-state index is 13.6. The summed E-state index contributed by atoms with van der Waals surface area (Å²) in [6.45, 7) is 3.12. The normalized spacial score (nSPS) is 11.6.